The lowest BCUT2D eigenvalue weighted by Crippen LogP contribution is -2.44. The monoisotopic (exact) mass is 403 g/mol. The van der Waals surface area contributed by atoms with E-state index in [9.17, 15) is 9.59 Å². The summed E-state index contributed by atoms with van der Waals surface area (Å²) in [6.07, 6.45) is 3.08. The Labute approximate surface area is 170 Å². The molecule has 0 amide bonds. The van der Waals surface area contributed by atoms with E-state index in [0.717, 1.165) is 22.3 Å². The van der Waals surface area contributed by atoms with Gasteiger partial charge < -0.3 is 9.64 Å². The molecule has 0 spiro atoms. The lowest BCUT2D eigenvalue weighted by atomic mass is 9.89. The van der Waals surface area contributed by atoms with Crippen molar-refractivity contribution in [3.63, 3.8) is 0 Å². The van der Waals surface area contributed by atoms with Gasteiger partial charge in [0.15, 0.2) is 11.6 Å². The molecule has 0 N–H and O–H groups in total. The minimum atomic E-state index is -0.122. The van der Waals surface area contributed by atoms with Crippen LogP contribution in [0.4, 0.5) is 5.82 Å². The maximum absolute atomic E-state index is 12.9. The molecule has 150 valence electrons. The highest BCUT2D eigenvalue weighted by molar-refractivity contribution is 6.28. The topological polar surface area (TPSA) is 72.4 Å². The maximum Gasteiger partial charge on any atom is 0.225 e. The molecule has 1 atom stereocenters. The van der Waals surface area contributed by atoms with Gasteiger partial charge in [-0.1, -0.05) is 11.6 Å². The van der Waals surface area contributed by atoms with Crippen LogP contribution in [0.3, 0.4) is 0 Å². The zero-order chi connectivity index (χ0) is 20.4. The summed E-state index contributed by atoms with van der Waals surface area (Å²) in [7, 11) is 0. The third-order valence-electron chi connectivity index (χ3n) is 5.31. The number of Topliss-reactive ketones (excluding diaryl/α,β-unsaturated/α-hetero) is 2. The van der Waals surface area contributed by atoms with Gasteiger partial charge in [-0.2, -0.15) is 0 Å². The lowest BCUT2D eigenvalue weighted by Gasteiger charge is -2.35. The van der Waals surface area contributed by atoms with Gasteiger partial charge in [0.2, 0.25) is 5.28 Å². The molecule has 0 unspecified atom stereocenters. The quantitative estimate of drug-likeness (QED) is 0.549. The van der Waals surface area contributed by atoms with Crippen LogP contribution >= 0.6 is 11.6 Å². The first-order valence-electron chi connectivity index (χ1n) is 9.59. The van der Waals surface area contributed by atoms with Crippen molar-refractivity contribution in [1.82, 2.24) is 9.97 Å². The fourth-order valence-electron chi connectivity index (χ4n) is 3.85. The van der Waals surface area contributed by atoms with Crippen LogP contribution in [0.15, 0.2) is 22.8 Å². The number of ketones is 2. The van der Waals surface area contributed by atoms with Crippen LogP contribution in [0, 0.1) is 6.92 Å². The highest BCUT2D eigenvalue weighted by atomic mass is 35.5. The number of morpholine rings is 1. The third-order valence-corrected chi connectivity index (χ3v) is 5.48. The second-order valence-corrected chi connectivity index (χ2v) is 7.92. The fraction of sp³-hybridized carbons (Fsp3) is 0.524. The second kappa shape index (κ2) is 8.53. The smallest absolute Gasteiger partial charge is 0.225 e. The molecule has 0 saturated carbocycles. The molecule has 0 bridgehead atoms. The Kier molecular flexibility index (Phi) is 6.30. The Bertz CT molecular complexity index is 876. The van der Waals surface area contributed by atoms with E-state index in [1.54, 1.807) is 0 Å². The highest BCUT2D eigenvalue weighted by Crippen LogP contribution is 2.28. The van der Waals surface area contributed by atoms with E-state index in [1.165, 1.54) is 0 Å². The summed E-state index contributed by atoms with van der Waals surface area (Å²) in [5.41, 5.74) is 3.79. The molecule has 1 aromatic heterocycles. The predicted molar refractivity (Wildman–Crippen MR) is 109 cm³/mol. The Morgan fingerprint density at radius 1 is 1.32 bits per heavy atom. The third kappa shape index (κ3) is 4.33. The van der Waals surface area contributed by atoms with Crippen molar-refractivity contribution in [2.45, 2.75) is 53.0 Å². The van der Waals surface area contributed by atoms with Crippen molar-refractivity contribution < 1.29 is 14.3 Å². The number of hydrogen-bond acceptors (Lipinski definition) is 6. The number of ether oxygens (including phenoxy) is 1. The lowest BCUT2D eigenvalue weighted by molar-refractivity contribution is -0.115. The zero-order valence-corrected chi connectivity index (χ0v) is 17.6. The molecular formula is C21H26ClN3O3. The number of allylic oxidation sites excluding steroid dienone is 4. The van der Waals surface area contributed by atoms with E-state index < -0.39 is 0 Å². The van der Waals surface area contributed by atoms with Gasteiger partial charge in [-0.15, -0.1) is 0 Å². The largest absolute Gasteiger partial charge is 0.377 e. The summed E-state index contributed by atoms with van der Waals surface area (Å²) >= 11 is 6.14. The van der Waals surface area contributed by atoms with Crippen LogP contribution < -0.4 is 4.90 Å². The van der Waals surface area contributed by atoms with E-state index in [1.807, 2.05) is 26.8 Å². The van der Waals surface area contributed by atoms with Gasteiger partial charge in [0.25, 0.3) is 0 Å². The average molecular weight is 404 g/mol. The molecule has 0 radical (unpaired) electrons. The first-order chi connectivity index (χ1) is 13.3. The van der Waals surface area contributed by atoms with E-state index in [2.05, 4.69) is 21.8 Å². The minimum absolute atomic E-state index is 0.0605. The van der Waals surface area contributed by atoms with Crippen LogP contribution in [0.1, 0.15) is 56.1 Å². The van der Waals surface area contributed by atoms with Crippen molar-refractivity contribution in [2.24, 2.45) is 0 Å². The number of aromatic nitrogens is 2. The standard InChI is InChI=1S/C21H26ClN3O3/c1-12-9-13(2)16(18(27)10-12)5-6-17(26)19-15(4)20(24-21(22)23-19)25-7-8-28-11-14(25)3/h9,14H,5-8,10-11H2,1-4H3/t14-/m0/s1. The van der Waals surface area contributed by atoms with E-state index in [0.29, 0.717) is 44.1 Å². The van der Waals surface area contributed by atoms with Crippen molar-refractivity contribution >= 4 is 29.0 Å². The molecular weight excluding hydrogens is 378 g/mol. The van der Waals surface area contributed by atoms with Gasteiger partial charge in [-0.3, -0.25) is 9.59 Å². The summed E-state index contributed by atoms with van der Waals surface area (Å²) in [5.74, 6) is 0.663. The van der Waals surface area contributed by atoms with Gasteiger partial charge in [0.05, 0.1) is 19.3 Å². The number of carbonyl (C=O) groups is 2. The van der Waals surface area contributed by atoms with Crippen molar-refractivity contribution in [1.29, 1.82) is 0 Å². The number of rotatable bonds is 5. The van der Waals surface area contributed by atoms with Gasteiger partial charge in [-0.05, 0) is 56.9 Å². The van der Waals surface area contributed by atoms with Gasteiger partial charge in [-0.25, -0.2) is 9.97 Å². The minimum Gasteiger partial charge on any atom is -0.377 e. The van der Waals surface area contributed by atoms with E-state index in [-0.39, 0.29) is 29.3 Å². The van der Waals surface area contributed by atoms with Crippen LogP contribution in [0.5, 0.6) is 0 Å². The Morgan fingerprint density at radius 3 is 2.75 bits per heavy atom. The molecule has 1 aromatic rings. The van der Waals surface area contributed by atoms with E-state index in [4.69, 9.17) is 16.3 Å². The first kappa shape index (κ1) is 20.7. The molecule has 1 saturated heterocycles. The SMILES string of the molecule is CC1=CC(C)=C(CCC(=O)c2nc(Cl)nc(N3CCOC[C@@H]3C)c2C)C(=O)C1. The summed E-state index contributed by atoms with van der Waals surface area (Å²) in [5, 5.41) is 0.0605. The molecule has 28 heavy (non-hydrogen) atoms. The average Bonchev–Trinajstić information content (AvgIpc) is 2.63. The Morgan fingerprint density at radius 2 is 2.07 bits per heavy atom. The van der Waals surface area contributed by atoms with Crippen molar-refractivity contribution in [2.75, 3.05) is 24.7 Å². The van der Waals surface area contributed by atoms with Crippen LogP contribution in [0.25, 0.3) is 0 Å². The van der Waals surface area contributed by atoms with Crippen LogP contribution in [-0.4, -0.2) is 47.3 Å². The number of carbonyl (C=O) groups excluding carboxylic acids is 2. The summed E-state index contributed by atoms with van der Waals surface area (Å²) in [4.78, 5) is 35.9. The number of hydrogen-bond donors (Lipinski definition) is 0. The number of halogens is 1. The molecule has 2 heterocycles. The normalized spacial score (nSPS) is 20.5. The van der Waals surface area contributed by atoms with E-state index >= 15 is 0 Å². The predicted octanol–water partition coefficient (Wildman–Crippen LogP) is 3.86. The zero-order valence-electron chi connectivity index (χ0n) is 16.8. The highest BCUT2D eigenvalue weighted by Gasteiger charge is 2.26. The van der Waals surface area contributed by atoms with Gasteiger partial charge in [0, 0.05) is 24.9 Å². The summed E-state index contributed by atoms with van der Waals surface area (Å²) < 4.78 is 5.49. The second-order valence-electron chi connectivity index (χ2n) is 7.58. The first-order valence-corrected chi connectivity index (χ1v) is 9.97. The Hall–Kier alpha value is -2.05. The van der Waals surface area contributed by atoms with Gasteiger partial charge >= 0.3 is 0 Å². The summed E-state index contributed by atoms with van der Waals surface area (Å²) in [6.45, 7) is 9.67. The molecule has 1 fully saturated rings. The molecule has 3 rings (SSSR count). The molecule has 1 aliphatic heterocycles. The molecule has 6 nitrogen and oxygen atoms in total. The van der Waals surface area contributed by atoms with Crippen LogP contribution in [-0.2, 0) is 9.53 Å². The van der Waals surface area contributed by atoms with Gasteiger partial charge in [0.1, 0.15) is 11.5 Å². The summed E-state index contributed by atoms with van der Waals surface area (Å²) in [6, 6.07) is 0.143. The van der Waals surface area contributed by atoms with Crippen molar-refractivity contribution in [3.05, 3.63) is 39.3 Å². The number of anilines is 1. The van der Waals surface area contributed by atoms with Crippen LogP contribution in [0.2, 0.25) is 5.28 Å². The molecule has 1 aliphatic carbocycles. The molecule has 2 aliphatic rings. The Balaban J connectivity index is 1.82. The van der Waals surface area contributed by atoms with Crippen molar-refractivity contribution in [3.8, 4) is 0 Å². The molecule has 0 aromatic carbocycles. The molecule has 7 heteroatoms. The maximum atomic E-state index is 12.9. The number of nitrogens with zero attached hydrogens (tertiary/aromatic N) is 3. The fourth-order valence-corrected chi connectivity index (χ4v) is 4.02.